The summed E-state index contributed by atoms with van der Waals surface area (Å²) in [5, 5.41) is 7.36. The average molecular weight is 380 g/mol. The van der Waals surface area contributed by atoms with Crippen LogP contribution < -0.4 is 10.2 Å². The van der Waals surface area contributed by atoms with Crippen molar-refractivity contribution in [3.8, 4) is 0 Å². The van der Waals surface area contributed by atoms with E-state index in [1.165, 1.54) is 5.56 Å². The number of rotatable bonds is 5. The van der Waals surface area contributed by atoms with Gasteiger partial charge < -0.3 is 10.2 Å². The molecular weight excluding hydrogens is 356 g/mol. The molecule has 0 saturated heterocycles. The number of likely N-dealkylation sites (N-methyl/N-ethyl adjacent to an activating group) is 1. The number of quaternary nitrogens is 1. The fourth-order valence-corrected chi connectivity index (χ4v) is 2.75. The van der Waals surface area contributed by atoms with Gasteiger partial charge in [-0.1, -0.05) is 28.1 Å². The fourth-order valence-electron chi connectivity index (χ4n) is 2.49. The van der Waals surface area contributed by atoms with Crippen molar-refractivity contribution in [1.82, 2.24) is 9.78 Å². The van der Waals surface area contributed by atoms with Gasteiger partial charge in [-0.25, -0.2) is 0 Å². The number of hydrogen-bond donors (Lipinski definition) is 2. The van der Waals surface area contributed by atoms with Crippen LogP contribution in [-0.4, -0.2) is 28.8 Å². The number of aromatic nitrogens is 2. The third kappa shape index (κ3) is 4.20. The van der Waals surface area contributed by atoms with Gasteiger partial charge in [-0.15, -0.1) is 0 Å². The SMILES string of the molecule is Cc1nn(C)c(C)c1NC(=O)[C@@H](C)[NH+](C)Cc1ccc(Br)cc1. The predicted molar refractivity (Wildman–Crippen MR) is 95.5 cm³/mol. The number of nitrogens with zero attached hydrogens (tertiary/aromatic N) is 2. The van der Waals surface area contributed by atoms with Crippen LogP contribution in [0.3, 0.4) is 0 Å². The summed E-state index contributed by atoms with van der Waals surface area (Å²) in [6.07, 6.45) is 0. The van der Waals surface area contributed by atoms with Gasteiger partial charge in [0.2, 0.25) is 0 Å². The van der Waals surface area contributed by atoms with Crippen LogP contribution in [0, 0.1) is 13.8 Å². The standard InChI is InChI=1S/C17H23BrN4O/c1-11-16(12(2)22(5)20-11)19-17(23)13(3)21(4)10-14-6-8-15(18)9-7-14/h6-9,13H,10H2,1-5H3,(H,19,23)/p+1/t13-/m1/s1. The summed E-state index contributed by atoms with van der Waals surface area (Å²) >= 11 is 3.44. The summed E-state index contributed by atoms with van der Waals surface area (Å²) in [7, 11) is 3.92. The zero-order valence-electron chi connectivity index (χ0n) is 14.3. The monoisotopic (exact) mass is 379 g/mol. The van der Waals surface area contributed by atoms with Gasteiger partial charge in [0, 0.05) is 17.1 Å². The number of aryl methyl sites for hydroxylation is 2. The van der Waals surface area contributed by atoms with Crippen molar-refractivity contribution >= 4 is 27.5 Å². The lowest BCUT2D eigenvalue weighted by molar-refractivity contribution is -0.907. The molecule has 0 bridgehead atoms. The summed E-state index contributed by atoms with van der Waals surface area (Å²) in [5.74, 6) is 0.0128. The first-order valence-electron chi connectivity index (χ1n) is 7.67. The van der Waals surface area contributed by atoms with Gasteiger partial charge in [-0.05, 0) is 32.9 Å². The molecule has 0 saturated carbocycles. The first-order chi connectivity index (χ1) is 10.8. The third-order valence-corrected chi connectivity index (χ3v) is 4.81. The number of carbonyl (C=O) groups excluding carboxylic acids is 1. The van der Waals surface area contributed by atoms with Crippen LogP contribution in [0.5, 0.6) is 0 Å². The van der Waals surface area contributed by atoms with Gasteiger partial charge in [-0.3, -0.25) is 9.48 Å². The molecule has 0 fully saturated rings. The maximum Gasteiger partial charge on any atom is 0.282 e. The minimum atomic E-state index is -0.155. The molecular formula is C17H24BrN4O+. The Balaban J connectivity index is 2.02. The number of anilines is 1. The second kappa shape index (κ2) is 7.27. The molecule has 2 rings (SSSR count). The molecule has 0 radical (unpaired) electrons. The first-order valence-corrected chi connectivity index (χ1v) is 8.46. The zero-order valence-corrected chi connectivity index (χ0v) is 15.9. The summed E-state index contributed by atoms with van der Waals surface area (Å²) in [4.78, 5) is 13.7. The van der Waals surface area contributed by atoms with Crippen molar-refractivity contribution in [2.45, 2.75) is 33.4 Å². The van der Waals surface area contributed by atoms with Crippen LogP contribution >= 0.6 is 15.9 Å². The van der Waals surface area contributed by atoms with Gasteiger partial charge in [0.25, 0.3) is 5.91 Å². The van der Waals surface area contributed by atoms with Gasteiger partial charge in [-0.2, -0.15) is 5.10 Å². The van der Waals surface area contributed by atoms with Gasteiger partial charge in [0.1, 0.15) is 6.54 Å². The van der Waals surface area contributed by atoms with Gasteiger partial charge in [0.05, 0.1) is 24.1 Å². The predicted octanol–water partition coefficient (Wildman–Crippen LogP) is 1.84. The van der Waals surface area contributed by atoms with E-state index in [4.69, 9.17) is 0 Å². The highest BCUT2D eigenvalue weighted by Crippen LogP contribution is 2.18. The van der Waals surface area contributed by atoms with E-state index in [9.17, 15) is 4.79 Å². The van der Waals surface area contributed by atoms with Crippen molar-refractivity contribution in [3.05, 3.63) is 45.7 Å². The summed E-state index contributed by atoms with van der Waals surface area (Å²) in [5.41, 5.74) is 3.84. The lowest BCUT2D eigenvalue weighted by atomic mass is 10.2. The molecule has 2 atom stereocenters. The molecule has 2 aromatic rings. The molecule has 1 amide bonds. The quantitative estimate of drug-likeness (QED) is 0.832. The number of halogens is 1. The van der Waals surface area contributed by atoms with Crippen LogP contribution in [0.15, 0.2) is 28.7 Å². The Hall–Kier alpha value is -1.66. The van der Waals surface area contributed by atoms with E-state index in [0.29, 0.717) is 0 Å². The average Bonchev–Trinajstić information content (AvgIpc) is 2.75. The summed E-state index contributed by atoms with van der Waals surface area (Å²) in [6.45, 7) is 6.61. The minimum absolute atomic E-state index is 0.0128. The Labute approximate surface area is 145 Å². The topological polar surface area (TPSA) is 51.4 Å². The maximum absolute atomic E-state index is 12.5. The number of nitrogens with one attached hydrogen (secondary N) is 2. The van der Waals surface area contributed by atoms with Crippen molar-refractivity contribution in [2.24, 2.45) is 7.05 Å². The van der Waals surface area contributed by atoms with E-state index in [1.54, 1.807) is 4.68 Å². The number of hydrogen-bond acceptors (Lipinski definition) is 2. The van der Waals surface area contributed by atoms with Crippen molar-refractivity contribution in [3.63, 3.8) is 0 Å². The minimum Gasteiger partial charge on any atom is -0.324 e. The Morgan fingerprint density at radius 1 is 1.35 bits per heavy atom. The molecule has 0 aliphatic heterocycles. The van der Waals surface area contributed by atoms with Crippen molar-refractivity contribution in [1.29, 1.82) is 0 Å². The van der Waals surface area contributed by atoms with Crippen LogP contribution in [0.4, 0.5) is 5.69 Å². The van der Waals surface area contributed by atoms with E-state index >= 15 is 0 Å². The number of carbonyl (C=O) groups is 1. The molecule has 0 aliphatic rings. The smallest absolute Gasteiger partial charge is 0.282 e. The Morgan fingerprint density at radius 2 is 1.96 bits per heavy atom. The largest absolute Gasteiger partial charge is 0.324 e. The Bertz CT molecular complexity index is 693. The summed E-state index contributed by atoms with van der Waals surface area (Å²) < 4.78 is 2.85. The van der Waals surface area contributed by atoms with Crippen molar-refractivity contribution in [2.75, 3.05) is 12.4 Å². The normalized spacial score (nSPS) is 13.7. The lowest BCUT2D eigenvalue weighted by Gasteiger charge is -2.21. The van der Waals surface area contributed by atoms with Crippen molar-refractivity contribution < 1.29 is 9.69 Å². The maximum atomic E-state index is 12.5. The molecule has 2 N–H and O–H groups in total. The Morgan fingerprint density at radius 3 is 2.48 bits per heavy atom. The highest BCUT2D eigenvalue weighted by atomic mass is 79.9. The third-order valence-electron chi connectivity index (χ3n) is 4.29. The van der Waals surface area contributed by atoms with Gasteiger partial charge >= 0.3 is 0 Å². The van der Waals surface area contributed by atoms with E-state index in [2.05, 4.69) is 38.5 Å². The second-order valence-electron chi connectivity index (χ2n) is 6.03. The Kier molecular flexibility index (Phi) is 5.59. The highest BCUT2D eigenvalue weighted by Gasteiger charge is 2.24. The number of amides is 1. The lowest BCUT2D eigenvalue weighted by Crippen LogP contribution is -3.12. The molecule has 1 aromatic carbocycles. The zero-order chi connectivity index (χ0) is 17.1. The molecule has 5 nitrogen and oxygen atoms in total. The van der Waals surface area contributed by atoms with Crippen LogP contribution in [0.1, 0.15) is 23.9 Å². The van der Waals surface area contributed by atoms with Crippen LogP contribution in [0.2, 0.25) is 0 Å². The number of benzene rings is 1. The molecule has 6 heteroatoms. The van der Waals surface area contributed by atoms with E-state index in [1.807, 2.05) is 47.0 Å². The molecule has 1 unspecified atom stereocenters. The summed E-state index contributed by atoms with van der Waals surface area (Å²) in [6, 6.07) is 8.05. The van der Waals surface area contributed by atoms with Gasteiger partial charge in [0.15, 0.2) is 6.04 Å². The van der Waals surface area contributed by atoms with Crippen LogP contribution in [0.25, 0.3) is 0 Å². The van der Waals surface area contributed by atoms with E-state index in [-0.39, 0.29) is 11.9 Å². The molecule has 0 aliphatic carbocycles. The highest BCUT2D eigenvalue weighted by molar-refractivity contribution is 9.10. The molecule has 0 spiro atoms. The van der Waals surface area contributed by atoms with E-state index in [0.717, 1.165) is 33.0 Å². The van der Waals surface area contributed by atoms with E-state index < -0.39 is 0 Å². The second-order valence-corrected chi connectivity index (χ2v) is 6.95. The molecule has 124 valence electrons. The first kappa shape index (κ1) is 17.7. The molecule has 1 aromatic heterocycles. The molecule has 1 heterocycles. The molecule has 23 heavy (non-hydrogen) atoms. The fraction of sp³-hybridized carbons (Fsp3) is 0.412. The van der Waals surface area contributed by atoms with Crippen LogP contribution in [-0.2, 0) is 18.4 Å².